The number of hydrogen-bond acceptors (Lipinski definition) is 11. The number of ether oxygens (including phenoxy) is 3. The van der Waals surface area contributed by atoms with Gasteiger partial charge in [0, 0.05) is 54.5 Å². The zero-order valence-electron chi connectivity index (χ0n) is 34.4. The fourth-order valence-electron chi connectivity index (χ4n) is 10.1. The van der Waals surface area contributed by atoms with Gasteiger partial charge in [-0.25, -0.2) is 13.8 Å². The lowest BCUT2D eigenvalue weighted by atomic mass is 9.75. The molecule has 3 atom stereocenters. The van der Waals surface area contributed by atoms with Crippen LogP contribution < -0.4 is 14.4 Å². The van der Waals surface area contributed by atoms with Gasteiger partial charge in [-0.3, -0.25) is 9.69 Å². The number of nitrogens with zero attached hydrogens (tertiary/aromatic N) is 6. The number of likely N-dealkylation sites (tertiary alicyclic amines) is 2. The van der Waals surface area contributed by atoms with E-state index in [1.54, 1.807) is 6.92 Å². The summed E-state index contributed by atoms with van der Waals surface area (Å²) < 4.78 is 50.7. The first kappa shape index (κ1) is 40.9. The minimum absolute atomic E-state index is 0.00705. The van der Waals surface area contributed by atoms with Gasteiger partial charge < -0.3 is 34.2 Å². The van der Waals surface area contributed by atoms with Gasteiger partial charge in [0.05, 0.1) is 39.0 Å². The summed E-state index contributed by atoms with van der Waals surface area (Å²) in [5.41, 5.74) is -1.86. The molecule has 0 radical (unpaired) electrons. The number of benzene rings is 2. The fraction of sp³-hybridized carbons (Fsp3) is 0.556. The SMILES string of the molecule is C#Cc1c(F)ccc2cc(O)cc(-c3nc(OC)c4c(N5CCOCC(C)(O)C5)nc(OCC56CCCC5N(CC5CCN(C(=O)C(C)C)CC5)CCC6)nc4c3F)c12. The standard InChI is InChI=1S/C45H54F2N6O6/c1-6-31-33(46)11-10-29-21-30(54)22-32(35(29)31)38-37(47)39-36(41(48-38)57-5)40(53-19-20-58-25-44(4,56)24-53)50-43(49-39)59-26-45-14-7-9-34(45)52(16-8-15-45)23-28-12-17-51(18-13-28)42(55)27(2)3/h1,10-11,21-22,27-28,34,54,56H,7-9,12-20,23-26H2,2-5H3. The third-order valence-corrected chi connectivity index (χ3v) is 12.9. The monoisotopic (exact) mass is 812 g/mol. The van der Waals surface area contributed by atoms with Crippen LogP contribution in [0.2, 0.25) is 0 Å². The smallest absolute Gasteiger partial charge is 0.319 e. The van der Waals surface area contributed by atoms with Gasteiger partial charge in [0.2, 0.25) is 11.8 Å². The topological polar surface area (TPSA) is 134 Å². The Kier molecular flexibility index (Phi) is 11.3. The van der Waals surface area contributed by atoms with Crippen LogP contribution >= 0.6 is 0 Å². The van der Waals surface area contributed by atoms with Crippen molar-refractivity contribution in [2.75, 3.05) is 71.1 Å². The van der Waals surface area contributed by atoms with E-state index in [-0.39, 0.29) is 93.6 Å². The maximum Gasteiger partial charge on any atom is 0.319 e. The molecule has 59 heavy (non-hydrogen) atoms. The van der Waals surface area contributed by atoms with Gasteiger partial charge in [-0.15, -0.1) is 6.42 Å². The van der Waals surface area contributed by atoms with Crippen LogP contribution in [0.15, 0.2) is 24.3 Å². The molecule has 2 aromatic heterocycles. The number of phenols is 1. The number of hydrogen-bond donors (Lipinski definition) is 2. The second-order valence-electron chi connectivity index (χ2n) is 17.5. The second-order valence-corrected chi connectivity index (χ2v) is 17.5. The van der Waals surface area contributed by atoms with E-state index in [1.165, 1.54) is 31.4 Å². The first-order valence-corrected chi connectivity index (χ1v) is 20.9. The molecular formula is C45H54F2N6O6. The van der Waals surface area contributed by atoms with Gasteiger partial charge in [-0.05, 0) is 81.5 Å². The van der Waals surface area contributed by atoms with Crippen LogP contribution in [0, 0.1) is 41.2 Å². The van der Waals surface area contributed by atoms with Gasteiger partial charge in [0.15, 0.2) is 5.82 Å². The molecule has 1 saturated carbocycles. The molecule has 3 unspecified atom stereocenters. The number of halogens is 2. The van der Waals surface area contributed by atoms with E-state index in [9.17, 15) is 15.0 Å². The number of β-amino-alcohol motifs (C(OH)–C–C–N with tert-alkyl or cyclic N) is 1. The molecule has 14 heteroatoms. The average Bonchev–Trinajstić information content (AvgIpc) is 3.57. The van der Waals surface area contributed by atoms with Crippen molar-refractivity contribution < 1.29 is 38.0 Å². The van der Waals surface area contributed by atoms with Crippen molar-refractivity contribution in [2.24, 2.45) is 17.3 Å². The van der Waals surface area contributed by atoms with Gasteiger partial charge >= 0.3 is 6.01 Å². The molecule has 3 saturated heterocycles. The van der Waals surface area contributed by atoms with Crippen molar-refractivity contribution in [1.29, 1.82) is 0 Å². The second kappa shape index (κ2) is 16.3. The van der Waals surface area contributed by atoms with Crippen LogP contribution in [-0.2, 0) is 9.53 Å². The largest absolute Gasteiger partial charge is 0.508 e. The number of fused-ring (bicyclic) bond motifs is 3. The number of piperidine rings is 2. The Labute approximate surface area is 343 Å². The van der Waals surface area contributed by atoms with Crippen molar-refractivity contribution in [1.82, 2.24) is 24.8 Å². The zero-order valence-corrected chi connectivity index (χ0v) is 34.4. The van der Waals surface area contributed by atoms with Crippen LogP contribution in [0.5, 0.6) is 17.6 Å². The Balaban J connectivity index is 1.17. The Hall–Kier alpha value is -4.84. The number of carbonyl (C=O) groups is 1. The zero-order chi connectivity index (χ0) is 41.6. The number of amides is 1. The number of rotatable bonds is 9. The lowest BCUT2D eigenvalue weighted by Crippen LogP contribution is -2.54. The number of methoxy groups -OCH3 is 1. The number of carbonyl (C=O) groups excluding carboxylic acids is 1. The minimum Gasteiger partial charge on any atom is -0.508 e. The van der Waals surface area contributed by atoms with E-state index >= 15 is 8.78 Å². The molecule has 1 amide bonds. The third-order valence-electron chi connectivity index (χ3n) is 12.9. The van der Waals surface area contributed by atoms with Crippen LogP contribution in [0.4, 0.5) is 14.6 Å². The number of phenolic OH excluding ortho intramolecular Hbond substituents is 1. The maximum atomic E-state index is 17.4. The molecule has 12 nitrogen and oxygen atoms in total. The lowest BCUT2D eigenvalue weighted by molar-refractivity contribution is -0.136. The fourth-order valence-corrected chi connectivity index (χ4v) is 10.1. The number of anilines is 1. The summed E-state index contributed by atoms with van der Waals surface area (Å²) in [6, 6.07) is 5.66. The molecule has 8 rings (SSSR count). The van der Waals surface area contributed by atoms with Crippen molar-refractivity contribution in [3.05, 3.63) is 41.5 Å². The Morgan fingerprint density at radius 3 is 2.59 bits per heavy atom. The highest BCUT2D eigenvalue weighted by Crippen LogP contribution is 2.49. The summed E-state index contributed by atoms with van der Waals surface area (Å²) in [6.45, 7) is 10.3. The van der Waals surface area contributed by atoms with Crippen molar-refractivity contribution in [3.63, 3.8) is 0 Å². The highest BCUT2D eigenvalue weighted by atomic mass is 19.1. The minimum atomic E-state index is -1.26. The number of pyridine rings is 1. The van der Waals surface area contributed by atoms with E-state index in [2.05, 4.69) is 15.8 Å². The molecule has 1 aliphatic carbocycles. The van der Waals surface area contributed by atoms with Gasteiger partial charge in [0.25, 0.3) is 0 Å². The van der Waals surface area contributed by atoms with Crippen LogP contribution in [0.3, 0.4) is 0 Å². The quantitative estimate of drug-likeness (QED) is 0.184. The third kappa shape index (κ3) is 7.85. The molecule has 0 bridgehead atoms. The Bertz CT molecular complexity index is 2290. The van der Waals surface area contributed by atoms with Crippen LogP contribution in [0.1, 0.15) is 71.3 Å². The summed E-state index contributed by atoms with van der Waals surface area (Å²) in [4.78, 5) is 33.3. The van der Waals surface area contributed by atoms with E-state index in [4.69, 9.17) is 30.6 Å². The van der Waals surface area contributed by atoms with Crippen molar-refractivity contribution in [2.45, 2.75) is 77.4 Å². The van der Waals surface area contributed by atoms with Gasteiger partial charge in [-0.2, -0.15) is 9.97 Å². The lowest BCUT2D eigenvalue weighted by Gasteiger charge is -2.48. The highest BCUT2D eigenvalue weighted by Gasteiger charge is 2.49. The molecule has 4 fully saturated rings. The molecule has 2 N–H and O–H groups in total. The molecular weight excluding hydrogens is 759 g/mol. The van der Waals surface area contributed by atoms with Gasteiger partial charge in [-0.1, -0.05) is 32.3 Å². The summed E-state index contributed by atoms with van der Waals surface area (Å²) >= 11 is 0. The van der Waals surface area contributed by atoms with E-state index in [1.807, 2.05) is 23.6 Å². The predicted octanol–water partition coefficient (Wildman–Crippen LogP) is 6.31. The number of aromatic nitrogens is 3. The molecule has 2 aromatic carbocycles. The molecule has 4 aromatic rings. The summed E-state index contributed by atoms with van der Waals surface area (Å²) in [6.07, 6.45) is 12.9. The maximum absolute atomic E-state index is 17.4. The average molecular weight is 813 g/mol. The number of aromatic hydroxyl groups is 1. The molecule has 4 aliphatic rings. The molecule has 314 valence electrons. The van der Waals surface area contributed by atoms with Crippen molar-refractivity contribution in [3.8, 4) is 41.2 Å². The van der Waals surface area contributed by atoms with Crippen LogP contribution in [0.25, 0.3) is 32.9 Å². The summed E-state index contributed by atoms with van der Waals surface area (Å²) in [5.74, 6) is 1.64. The Morgan fingerprint density at radius 1 is 1.07 bits per heavy atom. The number of aliphatic hydroxyl groups is 1. The van der Waals surface area contributed by atoms with Crippen LogP contribution in [-0.4, -0.2) is 119 Å². The summed E-state index contributed by atoms with van der Waals surface area (Å²) in [5, 5.41) is 22.7. The Morgan fingerprint density at radius 2 is 1.85 bits per heavy atom. The molecule has 3 aliphatic heterocycles. The van der Waals surface area contributed by atoms with E-state index in [0.29, 0.717) is 30.5 Å². The van der Waals surface area contributed by atoms with E-state index in [0.717, 1.165) is 71.1 Å². The first-order chi connectivity index (χ1) is 28.3. The molecule has 0 spiro atoms. The normalized spacial score (nSPS) is 24.4. The van der Waals surface area contributed by atoms with E-state index < -0.39 is 17.2 Å². The van der Waals surface area contributed by atoms with Gasteiger partial charge in [0.1, 0.15) is 39.6 Å². The first-order valence-electron chi connectivity index (χ1n) is 20.9. The molecule has 5 heterocycles. The van der Waals surface area contributed by atoms with Crippen molar-refractivity contribution >= 4 is 33.4 Å². The predicted molar refractivity (Wildman–Crippen MR) is 221 cm³/mol. The number of terminal acetylenes is 1. The summed E-state index contributed by atoms with van der Waals surface area (Å²) in [7, 11) is 1.40. The highest BCUT2D eigenvalue weighted by molar-refractivity contribution is 6.04.